The fourth-order valence-electron chi connectivity index (χ4n) is 1.87. The van der Waals surface area contributed by atoms with Gasteiger partial charge in [0.2, 0.25) is 0 Å². The molecule has 0 saturated carbocycles. The van der Waals surface area contributed by atoms with Crippen LogP contribution in [0.4, 0.5) is 0 Å². The van der Waals surface area contributed by atoms with Gasteiger partial charge in [0.25, 0.3) is 5.56 Å². The van der Waals surface area contributed by atoms with Gasteiger partial charge in [0.05, 0.1) is 6.61 Å². The highest BCUT2D eigenvalue weighted by atomic mass is 16.3. The molecule has 8 nitrogen and oxygen atoms in total. The van der Waals surface area contributed by atoms with E-state index in [0.717, 1.165) is 0 Å². The summed E-state index contributed by atoms with van der Waals surface area (Å²) in [4.78, 5) is 20.3. The lowest BCUT2D eigenvalue weighted by Crippen LogP contribution is -2.18. The van der Waals surface area contributed by atoms with Gasteiger partial charge in [-0.2, -0.15) is 9.94 Å². The third-order valence-corrected chi connectivity index (χ3v) is 2.95. The first kappa shape index (κ1) is 12.8. The van der Waals surface area contributed by atoms with E-state index in [4.69, 9.17) is 10.4 Å². The molecule has 0 radical (unpaired) electrons. The van der Waals surface area contributed by atoms with Crippen LogP contribution in [-0.2, 0) is 6.61 Å². The minimum Gasteiger partial charge on any atom is -0.392 e. The quantitative estimate of drug-likeness (QED) is 0.708. The van der Waals surface area contributed by atoms with Crippen molar-refractivity contribution >= 4 is 0 Å². The van der Waals surface area contributed by atoms with Crippen molar-refractivity contribution in [3.63, 3.8) is 0 Å². The zero-order valence-corrected chi connectivity index (χ0v) is 10.8. The van der Waals surface area contributed by atoms with Crippen molar-refractivity contribution in [2.45, 2.75) is 6.61 Å². The minimum absolute atomic E-state index is 0.107. The third kappa shape index (κ3) is 2.22. The second-order valence-corrected chi connectivity index (χ2v) is 4.26. The van der Waals surface area contributed by atoms with Crippen LogP contribution in [-0.4, -0.2) is 29.4 Å². The van der Waals surface area contributed by atoms with Crippen molar-refractivity contribution < 1.29 is 5.11 Å². The highest BCUT2D eigenvalue weighted by molar-refractivity contribution is 5.33. The lowest BCUT2D eigenvalue weighted by molar-refractivity contribution is 0.281. The van der Waals surface area contributed by atoms with E-state index in [-0.39, 0.29) is 17.9 Å². The molecule has 0 aliphatic carbocycles. The third-order valence-electron chi connectivity index (χ3n) is 2.95. The molecule has 21 heavy (non-hydrogen) atoms. The smallest absolute Gasteiger partial charge is 0.296 e. The van der Waals surface area contributed by atoms with E-state index in [1.807, 2.05) is 6.07 Å². The molecule has 0 saturated heterocycles. The summed E-state index contributed by atoms with van der Waals surface area (Å²) in [6, 6.07) is 5.21. The predicted molar refractivity (Wildman–Crippen MR) is 71.9 cm³/mol. The summed E-state index contributed by atoms with van der Waals surface area (Å²) in [6.07, 6.45) is 5.87. The van der Waals surface area contributed by atoms with Gasteiger partial charge in [-0.1, -0.05) is 6.07 Å². The highest BCUT2D eigenvalue weighted by Crippen LogP contribution is 2.06. The molecule has 0 aliphatic rings. The van der Waals surface area contributed by atoms with Crippen molar-refractivity contribution in [2.75, 3.05) is 0 Å². The summed E-state index contributed by atoms with van der Waals surface area (Å²) in [6.45, 7) is -0.107. The highest BCUT2D eigenvalue weighted by Gasteiger charge is 2.11. The fraction of sp³-hybridized carbons (Fsp3) is 0.0769. The summed E-state index contributed by atoms with van der Waals surface area (Å²) in [5.74, 6) is 0.407. The van der Waals surface area contributed by atoms with Gasteiger partial charge in [0, 0.05) is 18.6 Å². The van der Waals surface area contributed by atoms with Crippen LogP contribution in [0.1, 0.15) is 11.3 Å². The zero-order valence-electron chi connectivity index (χ0n) is 10.8. The van der Waals surface area contributed by atoms with Crippen LogP contribution < -0.4 is 5.56 Å². The average molecular weight is 282 g/mol. The number of hydrogen-bond donors (Lipinski definition) is 2. The Morgan fingerprint density at radius 3 is 2.86 bits per heavy atom. The number of nitrogens with zero attached hydrogens (tertiary/aromatic N) is 5. The molecule has 0 amide bonds. The van der Waals surface area contributed by atoms with Crippen LogP contribution in [0, 0.1) is 11.3 Å². The van der Waals surface area contributed by atoms with E-state index >= 15 is 0 Å². The molecule has 0 bridgehead atoms. The summed E-state index contributed by atoms with van der Waals surface area (Å²) >= 11 is 0. The number of nitrogens with one attached hydrogen (secondary N) is 1. The second kappa shape index (κ2) is 5.07. The first-order valence-electron chi connectivity index (χ1n) is 6.04. The summed E-state index contributed by atoms with van der Waals surface area (Å²) in [5, 5.41) is 20.5. The van der Waals surface area contributed by atoms with Crippen molar-refractivity contribution in [3.8, 4) is 17.6 Å². The fourth-order valence-corrected chi connectivity index (χ4v) is 1.87. The van der Waals surface area contributed by atoms with Crippen molar-refractivity contribution in [3.05, 3.63) is 58.7 Å². The maximum atomic E-state index is 12.3. The Morgan fingerprint density at radius 1 is 1.38 bits per heavy atom. The number of aromatic amines is 1. The monoisotopic (exact) mass is 282 g/mol. The largest absolute Gasteiger partial charge is 0.392 e. The van der Waals surface area contributed by atoms with Crippen molar-refractivity contribution in [1.29, 1.82) is 5.26 Å². The number of aliphatic hydroxyl groups excluding tert-OH is 1. The van der Waals surface area contributed by atoms with Crippen LogP contribution >= 0.6 is 0 Å². The lowest BCUT2D eigenvalue weighted by Gasteiger charge is -2.01. The van der Waals surface area contributed by atoms with Gasteiger partial charge in [-0.15, -0.1) is 0 Å². The first-order valence-corrected chi connectivity index (χ1v) is 6.04. The zero-order chi connectivity index (χ0) is 14.8. The molecule has 2 N–H and O–H groups in total. The molecule has 3 aromatic heterocycles. The number of hydrogen-bond acceptors (Lipinski definition) is 5. The van der Waals surface area contributed by atoms with Crippen molar-refractivity contribution in [2.24, 2.45) is 0 Å². The average Bonchev–Trinajstić information content (AvgIpc) is 3.13. The van der Waals surface area contributed by atoms with Crippen molar-refractivity contribution in [1.82, 2.24) is 24.3 Å². The number of nitriles is 1. The number of imidazole rings is 1. The molecule has 3 aromatic rings. The Kier molecular flexibility index (Phi) is 3.10. The number of pyridine rings is 1. The first-order chi connectivity index (χ1) is 10.2. The molecule has 104 valence electrons. The molecule has 8 heteroatoms. The van der Waals surface area contributed by atoms with Gasteiger partial charge in [-0.05, 0) is 11.6 Å². The molecular formula is C13H10N6O2. The van der Waals surface area contributed by atoms with E-state index in [1.165, 1.54) is 34.2 Å². The van der Waals surface area contributed by atoms with Gasteiger partial charge in [0.1, 0.15) is 18.1 Å². The van der Waals surface area contributed by atoms with Gasteiger partial charge in [-0.25, -0.2) is 9.97 Å². The molecular weight excluding hydrogens is 272 g/mol. The van der Waals surface area contributed by atoms with E-state index in [0.29, 0.717) is 17.1 Å². The summed E-state index contributed by atoms with van der Waals surface area (Å²) in [7, 11) is 0. The SMILES string of the molecule is N#Cc1cn(-c2c[nH]n(-c3ccc(CO)cn3)c2=O)cn1. The number of aliphatic hydroxyl groups is 1. The second-order valence-electron chi connectivity index (χ2n) is 4.26. The maximum absolute atomic E-state index is 12.3. The topological polar surface area (TPSA) is 113 Å². The van der Waals surface area contributed by atoms with Crippen LogP contribution in [0.2, 0.25) is 0 Å². The van der Waals surface area contributed by atoms with E-state index < -0.39 is 0 Å². The Labute approximate surface area is 118 Å². The van der Waals surface area contributed by atoms with E-state index in [1.54, 1.807) is 12.1 Å². The van der Waals surface area contributed by atoms with E-state index in [2.05, 4.69) is 15.1 Å². The van der Waals surface area contributed by atoms with Crippen LogP contribution in [0.15, 0.2) is 41.8 Å². The van der Waals surface area contributed by atoms with Gasteiger partial charge >= 0.3 is 0 Å². The predicted octanol–water partition coefficient (Wildman–Crippen LogP) is 0.110. The standard InChI is InChI=1S/C13H10N6O2/c14-3-10-6-18(8-16-10)11-5-17-19(13(11)21)12-2-1-9(7-20)4-15-12/h1-2,4-6,8,17,20H,7H2. The number of rotatable bonds is 3. The number of aromatic nitrogens is 5. The normalized spacial score (nSPS) is 10.5. The molecule has 3 rings (SSSR count). The Morgan fingerprint density at radius 2 is 2.24 bits per heavy atom. The molecule has 0 aromatic carbocycles. The number of H-pyrrole nitrogens is 1. The molecule has 0 fully saturated rings. The maximum Gasteiger partial charge on any atom is 0.296 e. The van der Waals surface area contributed by atoms with Gasteiger partial charge in [-0.3, -0.25) is 14.5 Å². The minimum atomic E-state index is -0.318. The van der Waals surface area contributed by atoms with Crippen LogP contribution in [0.25, 0.3) is 11.5 Å². The summed E-state index contributed by atoms with van der Waals surface area (Å²) < 4.78 is 2.73. The molecule has 3 heterocycles. The molecule has 0 unspecified atom stereocenters. The molecule has 0 atom stereocenters. The lowest BCUT2D eigenvalue weighted by atomic mass is 10.3. The Bertz CT molecular complexity index is 865. The molecule has 0 spiro atoms. The van der Waals surface area contributed by atoms with Crippen LogP contribution in [0.3, 0.4) is 0 Å². The molecule has 0 aliphatic heterocycles. The Hall–Kier alpha value is -3.18. The Balaban J connectivity index is 2.02. The summed E-state index contributed by atoms with van der Waals surface area (Å²) in [5.41, 5.74) is 0.901. The van der Waals surface area contributed by atoms with Gasteiger partial charge < -0.3 is 5.11 Å². The van der Waals surface area contributed by atoms with Gasteiger partial charge in [0.15, 0.2) is 11.5 Å². The van der Waals surface area contributed by atoms with E-state index in [9.17, 15) is 4.79 Å². The van der Waals surface area contributed by atoms with Crippen LogP contribution in [0.5, 0.6) is 0 Å².